The molecule has 1 amide bonds. The monoisotopic (exact) mass is 230 g/mol. The molecule has 17 heavy (non-hydrogen) atoms. The van der Waals surface area contributed by atoms with Crippen molar-refractivity contribution >= 4 is 17.3 Å². The van der Waals surface area contributed by atoms with Crippen LogP contribution in [0, 0.1) is 5.92 Å². The number of hydrogen-bond acceptors (Lipinski definition) is 2. The molecule has 0 bridgehead atoms. The lowest BCUT2D eigenvalue weighted by atomic mass is 10.1. The Morgan fingerprint density at radius 1 is 1.24 bits per heavy atom. The molecule has 0 spiro atoms. The summed E-state index contributed by atoms with van der Waals surface area (Å²) in [5.41, 5.74) is 2.30. The van der Waals surface area contributed by atoms with Crippen LogP contribution in [-0.2, 0) is 4.79 Å². The number of para-hydroxylation sites is 2. The summed E-state index contributed by atoms with van der Waals surface area (Å²) in [5.74, 6) is 0.629. The molecule has 1 aliphatic heterocycles. The Labute approximate surface area is 102 Å². The third-order valence-corrected chi connectivity index (χ3v) is 3.68. The summed E-state index contributed by atoms with van der Waals surface area (Å²) in [6, 6.07) is 8.25. The first kappa shape index (κ1) is 10.6. The van der Waals surface area contributed by atoms with Gasteiger partial charge in [0, 0.05) is 25.6 Å². The molecule has 0 aromatic heterocycles. The van der Waals surface area contributed by atoms with Crippen LogP contribution in [0.4, 0.5) is 11.4 Å². The van der Waals surface area contributed by atoms with E-state index in [0.29, 0.717) is 11.8 Å². The van der Waals surface area contributed by atoms with E-state index in [1.807, 2.05) is 17.0 Å². The van der Waals surface area contributed by atoms with Gasteiger partial charge < -0.3 is 9.80 Å². The molecule has 1 aromatic rings. The van der Waals surface area contributed by atoms with Gasteiger partial charge in [0.2, 0.25) is 5.91 Å². The molecule has 3 rings (SSSR count). The van der Waals surface area contributed by atoms with E-state index in [0.717, 1.165) is 38.2 Å². The lowest BCUT2D eigenvalue weighted by Gasteiger charge is -2.37. The van der Waals surface area contributed by atoms with Crippen LogP contribution in [0.5, 0.6) is 0 Å². The maximum absolute atomic E-state index is 12.2. The second kappa shape index (κ2) is 4.06. The summed E-state index contributed by atoms with van der Waals surface area (Å²) in [6.45, 7) is 4.95. The van der Waals surface area contributed by atoms with Gasteiger partial charge in [0.1, 0.15) is 0 Å². The number of rotatable bonds is 2. The minimum absolute atomic E-state index is 0.302. The quantitative estimate of drug-likeness (QED) is 0.778. The summed E-state index contributed by atoms with van der Waals surface area (Å²) in [7, 11) is 0. The smallest absolute Gasteiger partial charge is 0.230 e. The van der Waals surface area contributed by atoms with E-state index < -0.39 is 0 Å². The lowest BCUT2D eigenvalue weighted by molar-refractivity contribution is -0.119. The number of hydrogen-bond donors (Lipinski definition) is 0. The molecule has 1 fully saturated rings. The maximum Gasteiger partial charge on any atom is 0.230 e. The number of likely N-dealkylation sites (N-methyl/N-ethyl adjacent to an activating group) is 1. The fraction of sp³-hybridized carbons (Fsp3) is 0.500. The molecular formula is C14H18N2O. The van der Waals surface area contributed by atoms with Crippen molar-refractivity contribution in [3.63, 3.8) is 0 Å². The zero-order valence-electron chi connectivity index (χ0n) is 10.2. The van der Waals surface area contributed by atoms with E-state index in [1.165, 1.54) is 5.69 Å². The molecule has 1 aromatic carbocycles. The van der Waals surface area contributed by atoms with Gasteiger partial charge in [-0.2, -0.15) is 0 Å². The molecule has 2 aliphatic rings. The van der Waals surface area contributed by atoms with Gasteiger partial charge in [0.15, 0.2) is 0 Å². The van der Waals surface area contributed by atoms with Crippen LogP contribution in [0.2, 0.25) is 0 Å². The Morgan fingerprint density at radius 3 is 2.59 bits per heavy atom. The van der Waals surface area contributed by atoms with Crippen molar-refractivity contribution in [2.24, 2.45) is 5.92 Å². The van der Waals surface area contributed by atoms with Gasteiger partial charge in [-0.25, -0.2) is 0 Å². The Hall–Kier alpha value is -1.51. The number of carbonyl (C=O) groups excluding carboxylic acids is 1. The van der Waals surface area contributed by atoms with Crippen molar-refractivity contribution in [1.29, 1.82) is 0 Å². The van der Waals surface area contributed by atoms with Crippen molar-refractivity contribution in [2.45, 2.75) is 19.8 Å². The van der Waals surface area contributed by atoms with Crippen molar-refractivity contribution in [1.82, 2.24) is 0 Å². The molecule has 0 atom stereocenters. The number of benzene rings is 1. The van der Waals surface area contributed by atoms with Crippen molar-refractivity contribution in [2.75, 3.05) is 29.4 Å². The predicted molar refractivity (Wildman–Crippen MR) is 69.4 cm³/mol. The fourth-order valence-corrected chi connectivity index (χ4v) is 2.53. The van der Waals surface area contributed by atoms with Gasteiger partial charge in [-0.05, 0) is 31.9 Å². The molecule has 0 saturated heterocycles. The van der Waals surface area contributed by atoms with Gasteiger partial charge in [0.05, 0.1) is 11.4 Å². The average Bonchev–Trinajstić information content (AvgIpc) is 3.21. The molecular weight excluding hydrogens is 212 g/mol. The van der Waals surface area contributed by atoms with Crippen LogP contribution in [0.3, 0.4) is 0 Å². The van der Waals surface area contributed by atoms with Crippen molar-refractivity contribution < 1.29 is 4.79 Å². The van der Waals surface area contributed by atoms with Crippen LogP contribution in [-0.4, -0.2) is 25.5 Å². The van der Waals surface area contributed by atoms with Crippen LogP contribution in [0.1, 0.15) is 19.8 Å². The number of nitrogens with zero attached hydrogens (tertiary/aromatic N) is 2. The molecule has 0 unspecified atom stereocenters. The van der Waals surface area contributed by atoms with E-state index in [9.17, 15) is 4.79 Å². The maximum atomic E-state index is 12.2. The summed E-state index contributed by atoms with van der Waals surface area (Å²) >= 11 is 0. The zero-order valence-corrected chi connectivity index (χ0v) is 10.2. The highest BCUT2D eigenvalue weighted by Gasteiger charge is 2.36. The van der Waals surface area contributed by atoms with Crippen LogP contribution < -0.4 is 9.80 Å². The number of anilines is 2. The first-order valence-electron chi connectivity index (χ1n) is 6.46. The Morgan fingerprint density at radius 2 is 1.94 bits per heavy atom. The van der Waals surface area contributed by atoms with E-state index in [2.05, 4.69) is 24.0 Å². The first-order chi connectivity index (χ1) is 8.31. The summed E-state index contributed by atoms with van der Waals surface area (Å²) in [5, 5.41) is 0. The lowest BCUT2D eigenvalue weighted by Crippen LogP contribution is -2.44. The van der Waals surface area contributed by atoms with Gasteiger partial charge in [-0.3, -0.25) is 4.79 Å². The molecule has 3 nitrogen and oxygen atoms in total. The normalized spacial score (nSPS) is 19.1. The molecule has 1 saturated carbocycles. The third kappa shape index (κ3) is 1.79. The summed E-state index contributed by atoms with van der Waals surface area (Å²) in [6.07, 6.45) is 2.16. The minimum atomic E-state index is 0.302. The van der Waals surface area contributed by atoms with Crippen molar-refractivity contribution in [3.05, 3.63) is 24.3 Å². The standard InChI is InChI=1S/C14H18N2O/c1-2-15-9-10-16(14(17)11-7-8-11)13-6-4-3-5-12(13)15/h3-6,11H,2,7-10H2,1H3. The Kier molecular flexibility index (Phi) is 2.54. The van der Waals surface area contributed by atoms with Gasteiger partial charge in [-0.15, -0.1) is 0 Å². The molecule has 3 heteroatoms. The Bertz CT molecular complexity index is 440. The summed E-state index contributed by atoms with van der Waals surface area (Å²) in [4.78, 5) is 16.6. The van der Waals surface area contributed by atoms with E-state index in [-0.39, 0.29) is 0 Å². The first-order valence-corrected chi connectivity index (χ1v) is 6.46. The molecule has 0 N–H and O–H groups in total. The van der Waals surface area contributed by atoms with Crippen LogP contribution in [0.15, 0.2) is 24.3 Å². The largest absolute Gasteiger partial charge is 0.368 e. The topological polar surface area (TPSA) is 23.6 Å². The van der Waals surface area contributed by atoms with E-state index in [4.69, 9.17) is 0 Å². The highest BCUT2D eigenvalue weighted by Crippen LogP contribution is 2.37. The number of amides is 1. The minimum Gasteiger partial charge on any atom is -0.368 e. The van der Waals surface area contributed by atoms with Gasteiger partial charge in [0.25, 0.3) is 0 Å². The van der Waals surface area contributed by atoms with Crippen LogP contribution in [0.25, 0.3) is 0 Å². The fourth-order valence-electron chi connectivity index (χ4n) is 2.53. The highest BCUT2D eigenvalue weighted by molar-refractivity contribution is 6.00. The van der Waals surface area contributed by atoms with Gasteiger partial charge in [-0.1, -0.05) is 12.1 Å². The van der Waals surface area contributed by atoms with Crippen molar-refractivity contribution in [3.8, 4) is 0 Å². The van der Waals surface area contributed by atoms with Gasteiger partial charge >= 0.3 is 0 Å². The zero-order chi connectivity index (χ0) is 11.8. The second-order valence-electron chi connectivity index (χ2n) is 4.83. The molecule has 90 valence electrons. The SMILES string of the molecule is CCN1CCN(C(=O)C2CC2)c2ccccc21. The molecule has 1 heterocycles. The number of fused-ring (bicyclic) bond motifs is 1. The Balaban J connectivity index is 1.95. The third-order valence-electron chi connectivity index (χ3n) is 3.68. The second-order valence-corrected chi connectivity index (χ2v) is 4.83. The average molecular weight is 230 g/mol. The highest BCUT2D eigenvalue weighted by atomic mass is 16.2. The van der Waals surface area contributed by atoms with Crippen LogP contribution >= 0.6 is 0 Å². The predicted octanol–water partition coefficient (Wildman–Crippen LogP) is 2.27. The molecule has 1 aliphatic carbocycles. The summed E-state index contributed by atoms with van der Waals surface area (Å²) < 4.78 is 0. The van der Waals surface area contributed by atoms with E-state index in [1.54, 1.807) is 0 Å². The molecule has 0 radical (unpaired) electrons. The number of carbonyl (C=O) groups is 1. The van der Waals surface area contributed by atoms with E-state index >= 15 is 0 Å².